The van der Waals surface area contributed by atoms with Crippen molar-refractivity contribution < 1.29 is 17.8 Å². The molecule has 0 fully saturated rings. The van der Waals surface area contributed by atoms with Crippen molar-refractivity contribution in [1.82, 2.24) is 9.73 Å². The fourth-order valence-corrected chi connectivity index (χ4v) is 3.01. The van der Waals surface area contributed by atoms with Crippen LogP contribution in [-0.2, 0) is 10.0 Å². The molecule has 0 radical (unpaired) electrons. The average Bonchev–Trinajstić information content (AvgIpc) is 3.05. The molecule has 0 atom stereocenters. The van der Waals surface area contributed by atoms with Crippen molar-refractivity contribution in [3.05, 3.63) is 51.8 Å². The minimum Gasteiger partial charge on any atom is -0.400 e. The third-order valence-electron chi connectivity index (χ3n) is 3.39. The van der Waals surface area contributed by atoms with E-state index in [0.717, 1.165) is 9.87 Å². The zero-order valence-corrected chi connectivity index (χ0v) is 16.3. The first-order chi connectivity index (χ1) is 12.6. The molecule has 2 aromatic rings. The SMILES string of the molecule is Cc1ccc(S(=O)(=O)N(C)C)cc1NC(=S)N/N=C/c1ccc([N+](=O)[O-])o1. The molecule has 0 saturated carbocycles. The summed E-state index contributed by atoms with van der Waals surface area (Å²) in [6.45, 7) is 1.79. The van der Waals surface area contributed by atoms with Gasteiger partial charge in [0.25, 0.3) is 0 Å². The van der Waals surface area contributed by atoms with Crippen LogP contribution in [0, 0.1) is 17.0 Å². The molecule has 1 aromatic carbocycles. The summed E-state index contributed by atoms with van der Waals surface area (Å²) in [6, 6.07) is 7.23. The number of hydrogen-bond acceptors (Lipinski definition) is 7. The summed E-state index contributed by atoms with van der Waals surface area (Å²) >= 11 is 5.11. The molecule has 0 saturated heterocycles. The van der Waals surface area contributed by atoms with Gasteiger partial charge in [-0.15, -0.1) is 0 Å². The molecule has 144 valence electrons. The van der Waals surface area contributed by atoms with E-state index in [2.05, 4.69) is 15.8 Å². The lowest BCUT2D eigenvalue weighted by atomic mass is 10.2. The molecule has 0 aliphatic carbocycles. The van der Waals surface area contributed by atoms with E-state index < -0.39 is 20.8 Å². The normalized spacial score (nSPS) is 11.7. The lowest BCUT2D eigenvalue weighted by molar-refractivity contribution is -0.402. The number of furan rings is 1. The van der Waals surface area contributed by atoms with Crippen molar-refractivity contribution in [1.29, 1.82) is 0 Å². The molecule has 0 spiro atoms. The van der Waals surface area contributed by atoms with E-state index in [-0.39, 0.29) is 15.8 Å². The fraction of sp³-hybridized carbons (Fsp3) is 0.200. The maximum absolute atomic E-state index is 12.2. The van der Waals surface area contributed by atoms with Crippen LogP contribution in [-0.4, -0.2) is 43.1 Å². The molecule has 0 amide bonds. The summed E-state index contributed by atoms with van der Waals surface area (Å²) in [5.41, 5.74) is 3.81. The molecule has 10 nitrogen and oxygen atoms in total. The second-order valence-electron chi connectivity index (χ2n) is 5.52. The van der Waals surface area contributed by atoms with Gasteiger partial charge < -0.3 is 9.73 Å². The van der Waals surface area contributed by atoms with Crippen LogP contribution in [0.4, 0.5) is 11.6 Å². The van der Waals surface area contributed by atoms with Gasteiger partial charge in [-0.3, -0.25) is 15.5 Å². The summed E-state index contributed by atoms with van der Waals surface area (Å²) in [5.74, 6) is -0.223. The number of benzene rings is 1. The molecular formula is C15H17N5O5S2. The van der Waals surface area contributed by atoms with Gasteiger partial charge >= 0.3 is 5.88 Å². The number of thiocarbonyl (C=S) groups is 1. The lowest BCUT2D eigenvalue weighted by Crippen LogP contribution is -2.25. The van der Waals surface area contributed by atoms with Crippen LogP contribution in [0.5, 0.6) is 0 Å². The van der Waals surface area contributed by atoms with Crippen molar-refractivity contribution >= 4 is 45.1 Å². The number of aryl methyl sites for hydroxylation is 1. The highest BCUT2D eigenvalue weighted by molar-refractivity contribution is 7.89. The third kappa shape index (κ3) is 5.09. The molecule has 27 heavy (non-hydrogen) atoms. The number of hydrogen-bond donors (Lipinski definition) is 2. The Morgan fingerprint density at radius 2 is 2.04 bits per heavy atom. The Morgan fingerprint density at radius 3 is 2.63 bits per heavy atom. The van der Waals surface area contributed by atoms with E-state index in [1.54, 1.807) is 13.0 Å². The first-order valence-electron chi connectivity index (χ1n) is 7.48. The van der Waals surface area contributed by atoms with Crippen LogP contribution in [0.15, 0.2) is 44.7 Å². The summed E-state index contributed by atoms with van der Waals surface area (Å²) in [6.07, 6.45) is 1.22. The summed E-state index contributed by atoms with van der Waals surface area (Å²) in [7, 11) is -0.684. The van der Waals surface area contributed by atoms with Crippen LogP contribution >= 0.6 is 12.2 Å². The van der Waals surface area contributed by atoms with Crippen LogP contribution in [0.2, 0.25) is 0 Å². The summed E-state index contributed by atoms with van der Waals surface area (Å²) in [4.78, 5) is 10.0. The van der Waals surface area contributed by atoms with Gasteiger partial charge in [0.05, 0.1) is 17.2 Å². The minimum absolute atomic E-state index is 0.106. The molecule has 12 heteroatoms. The standard InChI is InChI=1S/C15H17N5O5S2/c1-10-4-6-12(27(23,24)19(2)3)8-13(10)17-15(26)18-16-9-11-5-7-14(25-11)20(21)22/h4-9H,1-3H3,(H2,17,18,26)/b16-9+. The Balaban J connectivity index is 2.06. The van der Waals surface area contributed by atoms with Gasteiger partial charge in [-0.2, -0.15) is 5.10 Å². The molecule has 0 bridgehead atoms. The second kappa shape index (κ2) is 8.24. The first-order valence-corrected chi connectivity index (χ1v) is 9.33. The quantitative estimate of drug-likeness (QED) is 0.320. The van der Waals surface area contributed by atoms with E-state index in [1.807, 2.05) is 0 Å². The molecule has 2 N–H and O–H groups in total. The van der Waals surface area contributed by atoms with E-state index in [0.29, 0.717) is 5.69 Å². The molecule has 1 heterocycles. The molecular weight excluding hydrogens is 394 g/mol. The Morgan fingerprint density at radius 1 is 1.33 bits per heavy atom. The Hall–Kier alpha value is -2.83. The number of nitro groups is 1. The maximum Gasteiger partial charge on any atom is 0.433 e. The number of anilines is 1. The van der Waals surface area contributed by atoms with Gasteiger partial charge in [-0.1, -0.05) is 6.07 Å². The third-order valence-corrected chi connectivity index (χ3v) is 5.39. The van der Waals surface area contributed by atoms with Crippen LogP contribution in [0.3, 0.4) is 0 Å². The van der Waals surface area contributed by atoms with Gasteiger partial charge in [-0.05, 0) is 42.9 Å². The van der Waals surface area contributed by atoms with E-state index in [4.69, 9.17) is 16.6 Å². The molecule has 0 aliphatic rings. The molecule has 1 aromatic heterocycles. The van der Waals surface area contributed by atoms with E-state index in [9.17, 15) is 18.5 Å². The van der Waals surface area contributed by atoms with Crippen LogP contribution in [0.1, 0.15) is 11.3 Å². The topological polar surface area (TPSA) is 130 Å². The maximum atomic E-state index is 12.2. The minimum atomic E-state index is -3.58. The van der Waals surface area contributed by atoms with Crippen molar-refractivity contribution in [2.75, 3.05) is 19.4 Å². The molecule has 0 unspecified atom stereocenters. The Kier molecular flexibility index (Phi) is 6.25. The monoisotopic (exact) mass is 411 g/mol. The van der Waals surface area contributed by atoms with Crippen molar-refractivity contribution in [3.8, 4) is 0 Å². The summed E-state index contributed by atoms with van der Waals surface area (Å²) in [5, 5.41) is 17.3. The van der Waals surface area contributed by atoms with Gasteiger partial charge in [0.2, 0.25) is 10.0 Å². The largest absolute Gasteiger partial charge is 0.433 e. The number of sulfonamides is 1. The lowest BCUT2D eigenvalue weighted by Gasteiger charge is -2.15. The van der Waals surface area contributed by atoms with Crippen molar-refractivity contribution in [3.63, 3.8) is 0 Å². The highest BCUT2D eigenvalue weighted by atomic mass is 32.2. The summed E-state index contributed by atoms with van der Waals surface area (Å²) < 4.78 is 30.5. The second-order valence-corrected chi connectivity index (χ2v) is 8.08. The fourth-order valence-electron chi connectivity index (χ4n) is 1.92. The van der Waals surface area contributed by atoms with Gasteiger partial charge in [-0.25, -0.2) is 12.7 Å². The van der Waals surface area contributed by atoms with E-state index >= 15 is 0 Å². The number of hydrazone groups is 1. The molecule has 2 rings (SSSR count). The van der Waals surface area contributed by atoms with Gasteiger partial charge in [0, 0.05) is 19.8 Å². The van der Waals surface area contributed by atoms with Crippen LogP contribution < -0.4 is 10.7 Å². The Labute approximate surface area is 161 Å². The van der Waals surface area contributed by atoms with Gasteiger partial charge in [0.15, 0.2) is 10.9 Å². The van der Waals surface area contributed by atoms with Crippen LogP contribution in [0.25, 0.3) is 0 Å². The van der Waals surface area contributed by atoms with E-state index in [1.165, 1.54) is 44.6 Å². The number of rotatable bonds is 6. The van der Waals surface area contributed by atoms with Crippen molar-refractivity contribution in [2.45, 2.75) is 11.8 Å². The Bertz CT molecular complexity index is 998. The smallest absolute Gasteiger partial charge is 0.400 e. The average molecular weight is 411 g/mol. The first kappa shape index (κ1) is 20.5. The van der Waals surface area contributed by atoms with Gasteiger partial charge in [0.1, 0.15) is 4.92 Å². The number of nitrogens with one attached hydrogen (secondary N) is 2. The predicted molar refractivity (Wildman–Crippen MR) is 104 cm³/mol. The molecule has 0 aliphatic heterocycles. The zero-order valence-electron chi connectivity index (χ0n) is 14.7. The highest BCUT2D eigenvalue weighted by Gasteiger charge is 2.18. The predicted octanol–water partition coefficient (Wildman–Crippen LogP) is 2.07. The highest BCUT2D eigenvalue weighted by Crippen LogP contribution is 2.22. The number of nitrogens with zero attached hydrogens (tertiary/aromatic N) is 3. The zero-order chi connectivity index (χ0) is 20.2. The van der Waals surface area contributed by atoms with Crippen molar-refractivity contribution in [2.24, 2.45) is 5.10 Å².